The van der Waals surface area contributed by atoms with E-state index in [-0.39, 0.29) is 6.04 Å². The van der Waals surface area contributed by atoms with Crippen molar-refractivity contribution >= 4 is 5.69 Å². The first-order valence-corrected chi connectivity index (χ1v) is 6.83. The van der Waals surface area contributed by atoms with Crippen LogP contribution >= 0.6 is 0 Å². The average Bonchev–Trinajstić information content (AvgIpc) is 2.39. The summed E-state index contributed by atoms with van der Waals surface area (Å²) in [5.41, 5.74) is 8.79. The molecule has 0 aromatic heterocycles. The highest BCUT2D eigenvalue weighted by molar-refractivity contribution is 5.54. The van der Waals surface area contributed by atoms with Crippen LogP contribution in [-0.4, -0.2) is 13.1 Å². The molecule has 0 saturated carbocycles. The van der Waals surface area contributed by atoms with Crippen LogP contribution < -0.4 is 10.6 Å². The largest absolute Gasteiger partial charge is 0.372 e. The van der Waals surface area contributed by atoms with E-state index in [2.05, 4.69) is 49.9 Å². The number of rotatable bonds is 7. The number of hydrogen-bond acceptors (Lipinski definition) is 2. The van der Waals surface area contributed by atoms with Gasteiger partial charge in [-0.25, -0.2) is 0 Å². The van der Waals surface area contributed by atoms with Gasteiger partial charge in [-0.1, -0.05) is 38.5 Å². The zero-order valence-electron chi connectivity index (χ0n) is 11.4. The van der Waals surface area contributed by atoms with Gasteiger partial charge in [0.05, 0.1) is 0 Å². The van der Waals surface area contributed by atoms with Crippen molar-refractivity contribution in [3.63, 3.8) is 0 Å². The third-order valence-corrected chi connectivity index (χ3v) is 3.28. The maximum absolute atomic E-state index is 6.19. The van der Waals surface area contributed by atoms with Gasteiger partial charge in [-0.05, 0) is 31.4 Å². The fourth-order valence-corrected chi connectivity index (χ4v) is 2.11. The highest BCUT2D eigenvalue weighted by Gasteiger charge is 2.12. The van der Waals surface area contributed by atoms with E-state index in [1.54, 1.807) is 0 Å². The summed E-state index contributed by atoms with van der Waals surface area (Å²) in [4.78, 5) is 2.44. The van der Waals surface area contributed by atoms with E-state index in [0.29, 0.717) is 0 Å². The maximum Gasteiger partial charge on any atom is 0.0414 e. The normalized spacial score (nSPS) is 12.5. The van der Waals surface area contributed by atoms with Crippen LogP contribution in [0, 0.1) is 0 Å². The molecule has 1 atom stereocenters. The van der Waals surface area contributed by atoms with Crippen molar-refractivity contribution in [1.29, 1.82) is 0 Å². The molecule has 1 rings (SSSR count). The Kier molecular flexibility index (Phi) is 6.06. The second-order valence-electron chi connectivity index (χ2n) is 4.51. The van der Waals surface area contributed by atoms with Gasteiger partial charge >= 0.3 is 0 Å². The van der Waals surface area contributed by atoms with Crippen molar-refractivity contribution in [2.75, 3.05) is 18.0 Å². The molecule has 1 aromatic rings. The summed E-state index contributed by atoms with van der Waals surface area (Å²) in [7, 11) is 0. The Morgan fingerprint density at radius 1 is 1.18 bits per heavy atom. The molecule has 17 heavy (non-hydrogen) atoms. The van der Waals surface area contributed by atoms with Crippen LogP contribution in [0.1, 0.15) is 51.6 Å². The molecule has 0 saturated heterocycles. The fourth-order valence-electron chi connectivity index (χ4n) is 2.11. The van der Waals surface area contributed by atoms with Crippen LogP contribution in [0.2, 0.25) is 0 Å². The molecule has 96 valence electrons. The molecule has 1 aromatic carbocycles. The van der Waals surface area contributed by atoms with E-state index < -0.39 is 0 Å². The summed E-state index contributed by atoms with van der Waals surface area (Å²) >= 11 is 0. The summed E-state index contributed by atoms with van der Waals surface area (Å²) in [6.07, 6.45) is 3.46. The molecule has 0 aliphatic carbocycles. The van der Waals surface area contributed by atoms with Crippen LogP contribution in [0.15, 0.2) is 24.3 Å². The van der Waals surface area contributed by atoms with Gasteiger partial charge in [0.25, 0.3) is 0 Å². The van der Waals surface area contributed by atoms with E-state index in [0.717, 1.165) is 19.5 Å². The Bertz CT molecular complexity index is 322. The molecule has 0 spiro atoms. The maximum atomic E-state index is 6.19. The Morgan fingerprint density at radius 3 is 2.47 bits per heavy atom. The molecular weight excluding hydrogens is 208 g/mol. The topological polar surface area (TPSA) is 29.3 Å². The summed E-state index contributed by atoms with van der Waals surface area (Å²) in [6, 6.07) is 8.71. The molecule has 1 unspecified atom stereocenters. The van der Waals surface area contributed by atoms with Gasteiger partial charge in [0, 0.05) is 24.8 Å². The Hall–Kier alpha value is -1.02. The minimum absolute atomic E-state index is 0.155. The van der Waals surface area contributed by atoms with E-state index in [9.17, 15) is 0 Å². The molecule has 0 radical (unpaired) electrons. The first kappa shape index (κ1) is 14.0. The lowest BCUT2D eigenvalue weighted by atomic mass is 10.0. The van der Waals surface area contributed by atoms with Crippen LogP contribution in [0.4, 0.5) is 5.69 Å². The molecule has 0 aliphatic heterocycles. The number of nitrogens with zero attached hydrogens (tertiary/aromatic N) is 1. The predicted octanol–water partition coefficient (Wildman–Crippen LogP) is 3.72. The van der Waals surface area contributed by atoms with Gasteiger partial charge in [-0.3, -0.25) is 0 Å². The molecule has 2 heteroatoms. The zero-order valence-corrected chi connectivity index (χ0v) is 11.4. The number of unbranched alkanes of at least 4 members (excludes halogenated alkanes) is 1. The first-order valence-electron chi connectivity index (χ1n) is 6.83. The highest BCUT2D eigenvalue weighted by Crippen LogP contribution is 2.26. The standard InChI is InChI=1S/C15H26N2/c1-4-7-12-17(6-3)15-11-9-8-10-13(15)14(16)5-2/h8-11,14H,4-7,12,16H2,1-3H3. The van der Waals surface area contributed by atoms with Crippen molar-refractivity contribution in [2.45, 2.75) is 46.1 Å². The van der Waals surface area contributed by atoms with Gasteiger partial charge in [-0.2, -0.15) is 0 Å². The SMILES string of the molecule is CCCCN(CC)c1ccccc1C(N)CC. The zero-order chi connectivity index (χ0) is 12.7. The van der Waals surface area contributed by atoms with Gasteiger partial charge < -0.3 is 10.6 Å². The molecular formula is C15H26N2. The van der Waals surface area contributed by atoms with Gasteiger partial charge in [0.15, 0.2) is 0 Å². The summed E-state index contributed by atoms with van der Waals surface area (Å²) in [5.74, 6) is 0. The Morgan fingerprint density at radius 2 is 1.88 bits per heavy atom. The number of nitrogens with two attached hydrogens (primary N) is 1. The highest BCUT2D eigenvalue weighted by atomic mass is 15.1. The van der Waals surface area contributed by atoms with E-state index in [1.165, 1.54) is 24.1 Å². The Balaban J connectivity index is 2.93. The molecule has 2 nitrogen and oxygen atoms in total. The van der Waals surface area contributed by atoms with Gasteiger partial charge in [0.2, 0.25) is 0 Å². The molecule has 0 aliphatic rings. The molecule has 0 bridgehead atoms. The molecule has 2 N–H and O–H groups in total. The average molecular weight is 234 g/mol. The quantitative estimate of drug-likeness (QED) is 0.779. The van der Waals surface area contributed by atoms with Crippen molar-refractivity contribution in [3.05, 3.63) is 29.8 Å². The lowest BCUT2D eigenvalue weighted by Gasteiger charge is -2.27. The van der Waals surface area contributed by atoms with Crippen LogP contribution in [0.3, 0.4) is 0 Å². The number of anilines is 1. The second kappa shape index (κ2) is 7.33. The molecule has 0 heterocycles. The van der Waals surface area contributed by atoms with Crippen molar-refractivity contribution in [2.24, 2.45) is 5.73 Å². The first-order chi connectivity index (χ1) is 8.24. The van der Waals surface area contributed by atoms with E-state index in [4.69, 9.17) is 5.73 Å². The smallest absolute Gasteiger partial charge is 0.0414 e. The fraction of sp³-hybridized carbons (Fsp3) is 0.600. The lowest BCUT2D eigenvalue weighted by molar-refractivity contribution is 0.681. The van der Waals surface area contributed by atoms with E-state index in [1.807, 2.05) is 0 Å². The summed E-state index contributed by atoms with van der Waals surface area (Å²) in [5, 5.41) is 0. The minimum Gasteiger partial charge on any atom is -0.372 e. The van der Waals surface area contributed by atoms with Gasteiger partial charge in [-0.15, -0.1) is 0 Å². The molecule has 0 fully saturated rings. The minimum atomic E-state index is 0.155. The Labute approximate surface area is 106 Å². The van der Waals surface area contributed by atoms with Crippen molar-refractivity contribution < 1.29 is 0 Å². The third-order valence-electron chi connectivity index (χ3n) is 3.28. The number of para-hydroxylation sites is 1. The third kappa shape index (κ3) is 3.74. The number of benzene rings is 1. The summed E-state index contributed by atoms with van der Waals surface area (Å²) < 4.78 is 0. The predicted molar refractivity (Wildman–Crippen MR) is 76.5 cm³/mol. The lowest BCUT2D eigenvalue weighted by Crippen LogP contribution is -2.26. The summed E-state index contributed by atoms with van der Waals surface area (Å²) in [6.45, 7) is 8.76. The number of hydrogen-bond donors (Lipinski definition) is 1. The van der Waals surface area contributed by atoms with Crippen LogP contribution in [-0.2, 0) is 0 Å². The van der Waals surface area contributed by atoms with Crippen molar-refractivity contribution in [1.82, 2.24) is 0 Å². The monoisotopic (exact) mass is 234 g/mol. The van der Waals surface area contributed by atoms with Gasteiger partial charge in [0.1, 0.15) is 0 Å². The van der Waals surface area contributed by atoms with Crippen molar-refractivity contribution in [3.8, 4) is 0 Å². The molecule has 0 amide bonds. The van der Waals surface area contributed by atoms with E-state index >= 15 is 0 Å². The van der Waals surface area contributed by atoms with Crippen LogP contribution in [0.25, 0.3) is 0 Å². The van der Waals surface area contributed by atoms with Crippen LogP contribution in [0.5, 0.6) is 0 Å². The second-order valence-corrected chi connectivity index (χ2v) is 4.51.